The molecule has 0 atom stereocenters. The van der Waals surface area contributed by atoms with E-state index in [1.165, 1.54) is 0 Å². The molecule has 0 unspecified atom stereocenters. The minimum absolute atomic E-state index is 0.366. The van der Waals surface area contributed by atoms with Gasteiger partial charge in [-0.05, 0) is 44.0 Å². The summed E-state index contributed by atoms with van der Waals surface area (Å²) in [7, 11) is 0. The molecule has 0 saturated heterocycles. The van der Waals surface area contributed by atoms with Gasteiger partial charge in [-0.1, -0.05) is 66.7 Å². The van der Waals surface area contributed by atoms with Gasteiger partial charge in [-0.2, -0.15) is 4.98 Å². The molecule has 0 spiro atoms. The molecule has 8 nitrogen and oxygen atoms in total. The van der Waals surface area contributed by atoms with E-state index in [-0.39, 0.29) is 0 Å². The van der Waals surface area contributed by atoms with Crippen LogP contribution in [0.1, 0.15) is 39.1 Å². The van der Waals surface area contributed by atoms with Gasteiger partial charge in [-0.25, -0.2) is 9.78 Å². The lowest BCUT2D eigenvalue weighted by Crippen LogP contribution is -2.32. The van der Waals surface area contributed by atoms with E-state index in [1.807, 2.05) is 76.2 Å². The summed E-state index contributed by atoms with van der Waals surface area (Å²) in [5.74, 6) is 1.01. The molecular weight excluding hydrogens is 478 g/mol. The first-order valence-electron chi connectivity index (χ1n) is 12.5. The summed E-state index contributed by atoms with van der Waals surface area (Å²) in [5.41, 5.74) is 5.62. The highest BCUT2D eigenvalue weighted by molar-refractivity contribution is 5.97. The number of fused-ring (bicyclic) bond motifs is 1. The second kappa shape index (κ2) is 10.4. The normalized spacial score (nSPS) is 11.5. The molecule has 192 valence electrons. The fourth-order valence-corrected chi connectivity index (χ4v) is 4.10. The summed E-state index contributed by atoms with van der Waals surface area (Å²) in [4.78, 5) is 26.1. The van der Waals surface area contributed by atoms with Crippen LogP contribution in [0.25, 0.3) is 44.8 Å². The first-order chi connectivity index (χ1) is 18.3. The first-order valence-corrected chi connectivity index (χ1v) is 12.5. The Kier molecular flexibility index (Phi) is 6.87. The minimum Gasteiger partial charge on any atom is -0.444 e. The van der Waals surface area contributed by atoms with Crippen molar-refractivity contribution in [2.24, 2.45) is 0 Å². The van der Waals surface area contributed by atoms with Crippen LogP contribution >= 0.6 is 0 Å². The van der Waals surface area contributed by atoms with Gasteiger partial charge in [-0.3, -0.25) is 4.98 Å². The van der Waals surface area contributed by atoms with Crippen molar-refractivity contribution in [3.63, 3.8) is 0 Å². The van der Waals surface area contributed by atoms with Crippen molar-refractivity contribution in [3.05, 3.63) is 84.4 Å². The van der Waals surface area contributed by atoms with Crippen molar-refractivity contribution >= 4 is 17.0 Å². The van der Waals surface area contributed by atoms with Gasteiger partial charge in [0.25, 0.3) is 0 Å². The van der Waals surface area contributed by atoms with Crippen LogP contribution in [-0.2, 0) is 17.7 Å². The SMILES string of the molecule is CCc1nc(-c2nccc3nc(-c4ccc(CNC(=O)OC(C)(C)C)cc4)c(-c4ccccc4)cc23)no1. The summed E-state index contributed by atoms with van der Waals surface area (Å²) in [6, 6.07) is 22.1. The van der Waals surface area contributed by atoms with Crippen molar-refractivity contribution in [2.75, 3.05) is 0 Å². The molecule has 5 rings (SSSR count). The lowest BCUT2D eigenvalue weighted by molar-refractivity contribution is 0.0523. The summed E-state index contributed by atoms with van der Waals surface area (Å²) < 4.78 is 10.7. The third-order valence-corrected chi connectivity index (χ3v) is 5.87. The number of carbonyl (C=O) groups is 1. The Morgan fingerprint density at radius 2 is 1.71 bits per heavy atom. The fourth-order valence-electron chi connectivity index (χ4n) is 4.10. The van der Waals surface area contributed by atoms with Gasteiger partial charge in [0.15, 0.2) is 0 Å². The Morgan fingerprint density at radius 1 is 0.947 bits per heavy atom. The van der Waals surface area contributed by atoms with Crippen molar-refractivity contribution < 1.29 is 14.1 Å². The summed E-state index contributed by atoms with van der Waals surface area (Å²) >= 11 is 0. The predicted octanol–water partition coefficient (Wildman–Crippen LogP) is 6.60. The van der Waals surface area contributed by atoms with E-state index >= 15 is 0 Å². The zero-order chi connectivity index (χ0) is 26.7. The van der Waals surface area contributed by atoms with Gasteiger partial charge in [0.1, 0.15) is 11.3 Å². The van der Waals surface area contributed by atoms with Crippen molar-refractivity contribution in [1.29, 1.82) is 0 Å². The monoisotopic (exact) mass is 507 g/mol. The van der Waals surface area contributed by atoms with E-state index in [4.69, 9.17) is 14.2 Å². The topological polar surface area (TPSA) is 103 Å². The standard InChI is InChI=1S/C30H29N5O3/c1-5-25-34-28(35-38-25)27-23-17-22(20-9-7-6-8-10-20)26(33-24(23)15-16-31-27)21-13-11-19(12-14-21)18-32-29(36)37-30(2,3)4/h6-17H,5,18H2,1-4H3,(H,32,36). The van der Waals surface area contributed by atoms with E-state index in [2.05, 4.69) is 38.6 Å². The van der Waals surface area contributed by atoms with Crippen molar-refractivity contribution in [2.45, 2.75) is 46.3 Å². The number of ether oxygens (including phenoxy) is 1. The van der Waals surface area contributed by atoms with Gasteiger partial charge in [0.05, 0.1) is 11.2 Å². The fraction of sp³-hybridized carbons (Fsp3) is 0.233. The maximum atomic E-state index is 12.0. The van der Waals surface area contributed by atoms with Gasteiger partial charge in [-0.15, -0.1) is 0 Å². The van der Waals surface area contributed by atoms with Crippen LogP contribution in [0, 0.1) is 0 Å². The minimum atomic E-state index is -0.541. The maximum absolute atomic E-state index is 12.0. The predicted molar refractivity (Wildman–Crippen MR) is 146 cm³/mol. The van der Waals surface area contributed by atoms with Gasteiger partial charge in [0, 0.05) is 35.7 Å². The molecule has 0 radical (unpaired) electrons. The quantitative estimate of drug-likeness (QED) is 0.276. The molecule has 0 aliphatic rings. The lowest BCUT2D eigenvalue weighted by atomic mass is 9.96. The zero-order valence-electron chi connectivity index (χ0n) is 21.9. The van der Waals surface area contributed by atoms with Gasteiger partial charge >= 0.3 is 6.09 Å². The van der Waals surface area contributed by atoms with Crippen LogP contribution in [0.15, 0.2) is 77.4 Å². The van der Waals surface area contributed by atoms with E-state index < -0.39 is 11.7 Å². The third-order valence-electron chi connectivity index (χ3n) is 5.87. The number of aromatic nitrogens is 4. The van der Waals surface area contributed by atoms with Crippen molar-refractivity contribution in [1.82, 2.24) is 25.4 Å². The van der Waals surface area contributed by atoms with Crippen LogP contribution in [0.4, 0.5) is 4.79 Å². The van der Waals surface area contributed by atoms with Crippen LogP contribution in [-0.4, -0.2) is 31.8 Å². The van der Waals surface area contributed by atoms with E-state index in [9.17, 15) is 4.79 Å². The van der Waals surface area contributed by atoms with Crippen LogP contribution < -0.4 is 5.32 Å². The molecule has 0 aliphatic carbocycles. The Morgan fingerprint density at radius 3 is 2.39 bits per heavy atom. The smallest absolute Gasteiger partial charge is 0.407 e. The largest absolute Gasteiger partial charge is 0.444 e. The number of amides is 1. The second-order valence-corrected chi connectivity index (χ2v) is 9.89. The second-order valence-electron chi connectivity index (χ2n) is 9.89. The van der Waals surface area contributed by atoms with E-state index in [1.54, 1.807) is 6.20 Å². The highest BCUT2D eigenvalue weighted by Gasteiger charge is 2.18. The number of benzene rings is 2. The average molecular weight is 508 g/mol. The highest BCUT2D eigenvalue weighted by atomic mass is 16.6. The Balaban J connectivity index is 1.53. The molecule has 3 heterocycles. The van der Waals surface area contributed by atoms with Gasteiger partial charge in [0.2, 0.25) is 11.7 Å². The Labute approximate surface area is 221 Å². The number of pyridine rings is 2. The third kappa shape index (κ3) is 5.54. The van der Waals surface area contributed by atoms with E-state index in [0.29, 0.717) is 30.4 Å². The Hall–Kier alpha value is -4.59. The van der Waals surface area contributed by atoms with Gasteiger partial charge < -0.3 is 14.6 Å². The molecule has 1 amide bonds. The number of hydrogen-bond acceptors (Lipinski definition) is 7. The molecule has 1 N–H and O–H groups in total. The zero-order valence-corrected chi connectivity index (χ0v) is 21.9. The molecule has 0 saturated carbocycles. The van der Waals surface area contributed by atoms with E-state index in [0.717, 1.165) is 38.9 Å². The average Bonchev–Trinajstić information content (AvgIpc) is 3.40. The molecule has 0 aliphatic heterocycles. The number of nitrogens with zero attached hydrogens (tertiary/aromatic N) is 4. The summed E-state index contributed by atoms with van der Waals surface area (Å²) in [5, 5.41) is 7.78. The molecule has 38 heavy (non-hydrogen) atoms. The van der Waals surface area contributed by atoms with Crippen LogP contribution in [0.3, 0.4) is 0 Å². The summed E-state index contributed by atoms with van der Waals surface area (Å²) in [6.45, 7) is 7.85. The maximum Gasteiger partial charge on any atom is 0.407 e. The molecule has 3 aromatic heterocycles. The summed E-state index contributed by atoms with van der Waals surface area (Å²) in [6.07, 6.45) is 1.92. The van der Waals surface area contributed by atoms with Crippen LogP contribution in [0.2, 0.25) is 0 Å². The number of nitrogens with one attached hydrogen (secondary N) is 1. The number of rotatable bonds is 6. The molecule has 2 aromatic carbocycles. The Bertz CT molecular complexity index is 1570. The molecular formula is C30H29N5O3. The number of aryl methyl sites for hydroxylation is 1. The lowest BCUT2D eigenvalue weighted by Gasteiger charge is -2.19. The van der Waals surface area contributed by atoms with Crippen LogP contribution in [0.5, 0.6) is 0 Å². The van der Waals surface area contributed by atoms with Crippen molar-refractivity contribution in [3.8, 4) is 33.9 Å². The number of hydrogen-bond donors (Lipinski definition) is 1. The first kappa shape index (κ1) is 25.1. The number of alkyl carbamates (subject to hydrolysis) is 1. The highest BCUT2D eigenvalue weighted by Crippen LogP contribution is 2.35. The number of carbonyl (C=O) groups excluding carboxylic acids is 1. The molecule has 5 aromatic rings. The molecule has 0 fully saturated rings. The molecule has 0 bridgehead atoms. The molecule has 8 heteroatoms.